The van der Waals surface area contributed by atoms with Crippen LogP contribution in [0.3, 0.4) is 0 Å². The first-order chi connectivity index (χ1) is 10.4. The molecular formula is C15H16F3N3O. The van der Waals surface area contributed by atoms with Gasteiger partial charge >= 0.3 is 6.18 Å². The molecule has 0 spiro atoms. The number of benzene rings is 1. The summed E-state index contributed by atoms with van der Waals surface area (Å²) < 4.78 is 37.5. The molecule has 0 radical (unpaired) electrons. The van der Waals surface area contributed by atoms with Crippen molar-refractivity contribution in [2.45, 2.75) is 25.2 Å². The lowest BCUT2D eigenvalue weighted by atomic mass is 10.0. The van der Waals surface area contributed by atoms with Gasteiger partial charge in [-0.05, 0) is 0 Å². The number of aromatic amines is 1. The van der Waals surface area contributed by atoms with Crippen molar-refractivity contribution in [2.75, 3.05) is 13.1 Å². The molecular weight excluding hydrogens is 295 g/mol. The maximum Gasteiger partial charge on any atom is 0.415 e. The number of β-amino-alcohol motifs (C(OH)–C–C–N with tert-alkyl or cyclic N) is 1. The molecule has 1 aromatic heterocycles. The number of fused-ring (bicyclic) bond motifs is 1. The van der Waals surface area contributed by atoms with Crippen LogP contribution in [0.4, 0.5) is 13.2 Å². The van der Waals surface area contributed by atoms with Gasteiger partial charge < -0.3 is 5.11 Å². The molecule has 118 valence electrons. The van der Waals surface area contributed by atoms with Gasteiger partial charge in [0.05, 0.1) is 5.69 Å². The van der Waals surface area contributed by atoms with E-state index in [1.54, 1.807) is 4.90 Å². The molecule has 0 bridgehead atoms. The Balaban J connectivity index is 1.79. The van der Waals surface area contributed by atoms with Crippen LogP contribution in [0.5, 0.6) is 0 Å². The van der Waals surface area contributed by atoms with Crippen LogP contribution < -0.4 is 0 Å². The fourth-order valence-electron chi connectivity index (χ4n) is 2.69. The van der Waals surface area contributed by atoms with Gasteiger partial charge in [0.1, 0.15) is 0 Å². The topological polar surface area (TPSA) is 52.1 Å². The van der Waals surface area contributed by atoms with Gasteiger partial charge in [-0.2, -0.15) is 18.3 Å². The Hall–Kier alpha value is -1.86. The summed E-state index contributed by atoms with van der Waals surface area (Å²) in [7, 11) is 0. The maximum atomic E-state index is 12.5. The summed E-state index contributed by atoms with van der Waals surface area (Å²) in [5, 5.41) is 16.5. The number of hydrogen-bond donors (Lipinski definition) is 2. The van der Waals surface area contributed by atoms with Crippen molar-refractivity contribution >= 4 is 0 Å². The summed E-state index contributed by atoms with van der Waals surface area (Å²) in [6.07, 6.45) is -6.31. The molecule has 0 saturated heterocycles. The highest BCUT2D eigenvalue weighted by atomic mass is 19.4. The Morgan fingerprint density at radius 2 is 2.00 bits per heavy atom. The fraction of sp³-hybridized carbons (Fsp3) is 0.400. The van der Waals surface area contributed by atoms with E-state index in [1.165, 1.54) is 0 Å². The van der Waals surface area contributed by atoms with Crippen LogP contribution in [0.25, 0.3) is 11.3 Å². The third-order valence-corrected chi connectivity index (χ3v) is 3.87. The van der Waals surface area contributed by atoms with Crippen molar-refractivity contribution in [3.8, 4) is 11.3 Å². The van der Waals surface area contributed by atoms with Crippen LogP contribution >= 0.6 is 0 Å². The molecule has 0 unspecified atom stereocenters. The van der Waals surface area contributed by atoms with Crippen LogP contribution in [-0.4, -0.2) is 45.6 Å². The van der Waals surface area contributed by atoms with E-state index >= 15 is 0 Å². The average Bonchev–Trinajstić information content (AvgIpc) is 2.90. The van der Waals surface area contributed by atoms with E-state index in [9.17, 15) is 18.3 Å². The lowest BCUT2D eigenvalue weighted by molar-refractivity contribution is -0.208. The van der Waals surface area contributed by atoms with Crippen molar-refractivity contribution in [3.63, 3.8) is 0 Å². The summed E-state index contributed by atoms with van der Waals surface area (Å²) in [6.45, 7) is 0.405. The molecule has 1 aromatic carbocycles. The predicted molar refractivity (Wildman–Crippen MR) is 75.1 cm³/mol. The molecule has 1 aliphatic rings. The lowest BCUT2D eigenvalue weighted by Gasteiger charge is -2.29. The number of halogens is 3. The Labute approximate surface area is 125 Å². The van der Waals surface area contributed by atoms with Crippen LogP contribution in [0.2, 0.25) is 0 Å². The van der Waals surface area contributed by atoms with Gasteiger partial charge in [0.15, 0.2) is 6.10 Å². The second-order valence-electron chi connectivity index (χ2n) is 5.44. The molecule has 0 aliphatic carbocycles. The van der Waals surface area contributed by atoms with Gasteiger partial charge in [-0.3, -0.25) is 10.00 Å². The predicted octanol–water partition coefficient (Wildman–Crippen LogP) is 2.36. The first-order valence-electron chi connectivity index (χ1n) is 7.04. The molecule has 2 heterocycles. The minimum absolute atomic E-state index is 0.350. The van der Waals surface area contributed by atoms with Crippen molar-refractivity contribution in [3.05, 3.63) is 41.6 Å². The highest BCUT2D eigenvalue weighted by molar-refractivity contribution is 5.64. The number of aliphatic hydroxyl groups is 1. The van der Waals surface area contributed by atoms with Crippen LogP contribution in [-0.2, 0) is 13.0 Å². The Bertz CT molecular complexity index is 639. The van der Waals surface area contributed by atoms with Crippen molar-refractivity contribution in [2.24, 2.45) is 0 Å². The number of H-pyrrole nitrogens is 1. The van der Waals surface area contributed by atoms with Gasteiger partial charge in [0.2, 0.25) is 0 Å². The Morgan fingerprint density at radius 1 is 1.27 bits per heavy atom. The summed E-state index contributed by atoms with van der Waals surface area (Å²) >= 11 is 0. The van der Waals surface area contributed by atoms with Gasteiger partial charge in [-0.1, -0.05) is 30.3 Å². The highest BCUT2D eigenvalue weighted by Crippen LogP contribution is 2.29. The summed E-state index contributed by atoms with van der Waals surface area (Å²) in [4.78, 5) is 1.61. The third kappa shape index (κ3) is 3.00. The third-order valence-electron chi connectivity index (χ3n) is 3.87. The van der Waals surface area contributed by atoms with Gasteiger partial charge in [-0.15, -0.1) is 0 Å². The van der Waals surface area contributed by atoms with Crippen LogP contribution in [0.1, 0.15) is 11.3 Å². The molecule has 3 rings (SSSR count). The van der Waals surface area contributed by atoms with E-state index in [0.717, 1.165) is 22.5 Å². The zero-order chi connectivity index (χ0) is 15.7. The number of aromatic nitrogens is 2. The standard InChI is InChI=1S/C15H16F3N3O/c16-15(17,18)13(22)9-21-7-6-12-11(8-21)14(20-19-12)10-4-2-1-3-5-10/h1-5,13,22H,6-9H2,(H,19,20)/t13-/m1/s1. The molecule has 2 N–H and O–H groups in total. The smallest absolute Gasteiger partial charge is 0.382 e. The lowest BCUT2D eigenvalue weighted by Crippen LogP contribution is -2.42. The second kappa shape index (κ2) is 5.73. The summed E-state index contributed by atoms with van der Waals surface area (Å²) in [5.74, 6) is 0. The zero-order valence-corrected chi connectivity index (χ0v) is 11.8. The second-order valence-corrected chi connectivity index (χ2v) is 5.44. The Kier molecular flexibility index (Phi) is 3.92. The Morgan fingerprint density at radius 3 is 2.68 bits per heavy atom. The van der Waals surface area contributed by atoms with Crippen LogP contribution in [0, 0.1) is 0 Å². The number of aliphatic hydroxyl groups excluding tert-OH is 1. The number of alkyl halides is 3. The molecule has 0 amide bonds. The SMILES string of the molecule is O[C@H](CN1CCc2[nH]nc(-c3ccccc3)c2C1)C(F)(F)F. The quantitative estimate of drug-likeness (QED) is 0.915. The minimum atomic E-state index is -4.58. The summed E-state index contributed by atoms with van der Waals surface area (Å²) in [6, 6.07) is 9.52. The van der Waals surface area contributed by atoms with E-state index < -0.39 is 18.8 Å². The van der Waals surface area contributed by atoms with E-state index in [1.807, 2.05) is 30.3 Å². The van der Waals surface area contributed by atoms with Gasteiger partial charge in [0, 0.05) is 42.9 Å². The molecule has 7 heteroatoms. The molecule has 0 fully saturated rings. The molecule has 4 nitrogen and oxygen atoms in total. The van der Waals surface area contributed by atoms with E-state index in [4.69, 9.17) is 0 Å². The zero-order valence-electron chi connectivity index (χ0n) is 11.8. The van der Waals surface area contributed by atoms with Gasteiger partial charge in [0.25, 0.3) is 0 Å². The normalized spacial score (nSPS) is 17.3. The van der Waals surface area contributed by atoms with E-state index in [0.29, 0.717) is 19.5 Å². The molecule has 0 saturated carbocycles. The van der Waals surface area contributed by atoms with E-state index in [2.05, 4.69) is 10.2 Å². The summed E-state index contributed by atoms with van der Waals surface area (Å²) in [5.41, 5.74) is 3.56. The number of nitrogens with one attached hydrogen (secondary N) is 1. The number of hydrogen-bond acceptors (Lipinski definition) is 3. The van der Waals surface area contributed by atoms with E-state index in [-0.39, 0.29) is 0 Å². The maximum absolute atomic E-state index is 12.5. The monoisotopic (exact) mass is 311 g/mol. The van der Waals surface area contributed by atoms with Crippen molar-refractivity contribution < 1.29 is 18.3 Å². The largest absolute Gasteiger partial charge is 0.415 e. The molecule has 2 aromatic rings. The average molecular weight is 311 g/mol. The molecule has 22 heavy (non-hydrogen) atoms. The number of nitrogens with zero attached hydrogens (tertiary/aromatic N) is 2. The first kappa shape index (κ1) is 15.1. The van der Waals surface area contributed by atoms with Gasteiger partial charge in [-0.25, -0.2) is 0 Å². The first-order valence-corrected chi connectivity index (χ1v) is 7.04. The molecule has 1 atom stereocenters. The number of rotatable bonds is 3. The fourth-order valence-corrected chi connectivity index (χ4v) is 2.69. The van der Waals surface area contributed by atoms with Crippen molar-refractivity contribution in [1.82, 2.24) is 15.1 Å². The minimum Gasteiger partial charge on any atom is -0.382 e. The van der Waals surface area contributed by atoms with Crippen molar-refractivity contribution in [1.29, 1.82) is 0 Å². The highest BCUT2D eigenvalue weighted by Gasteiger charge is 2.39. The van der Waals surface area contributed by atoms with Crippen LogP contribution in [0.15, 0.2) is 30.3 Å². The molecule has 1 aliphatic heterocycles.